The lowest BCUT2D eigenvalue weighted by Gasteiger charge is -2.09. The van der Waals surface area contributed by atoms with Crippen LogP contribution in [0.4, 0.5) is 5.69 Å². The van der Waals surface area contributed by atoms with E-state index in [1.165, 1.54) is 32.6 Å². The van der Waals surface area contributed by atoms with E-state index in [0.717, 1.165) is 5.56 Å². The van der Waals surface area contributed by atoms with Crippen molar-refractivity contribution in [2.24, 2.45) is 5.10 Å². The highest BCUT2D eigenvalue weighted by atomic mass is 16.6. The van der Waals surface area contributed by atoms with Gasteiger partial charge in [0.2, 0.25) is 0 Å². The van der Waals surface area contributed by atoms with Gasteiger partial charge in [-0.25, -0.2) is 5.43 Å². The number of benzene rings is 2. The van der Waals surface area contributed by atoms with Gasteiger partial charge in [-0.05, 0) is 30.2 Å². The average molecular weight is 387 g/mol. The molecule has 0 fully saturated rings. The van der Waals surface area contributed by atoms with E-state index in [0.29, 0.717) is 23.5 Å². The predicted octanol–water partition coefficient (Wildman–Crippen LogP) is 2.70. The van der Waals surface area contributed by atoms with Crippen LogP contribution in [-0.4, -0.2) is 37.9 Å². The Bertz CT molecular complexity index is 882. The standard InChI is InChI=1S/C19H21N3O6/c1-4-13-8-9-16(15(10-13)22(24)25)28-12-18(23)21-20-11-14-6-5-7-17(26-2)19(14)27-3/h5-11H,4,12H2,1-3H3,(H,21,23)/b20-11+. The van der Waals surface area contributed by atoms with Crippen LogP contribution in [0, 0.1) is 10.1 Å². The molecule has 0 unspecified atom stereocenters. The van der Waals surface area contributed by atoms with Crippen molar-refractivity contribution in [3.8, 4) is 17.2 Å². The number of hydrogen-bond donors (Lipinski definition) is 1. The molecule has 1 N–H and O–H groups in total. The molecule has 0 bridgehead atoms. The lowest BCUT2D eigenvalue weighted by Crippen LogP contribution is -2.24. The summed E-state index contributed by atoms with van der Waals surface area (Å²) in [4.78, 5) is 22.5. The summed E-state index contributed by atoms with van der Waals surface area (Å²) < 4.78 is 15.7. The molecule has 0 aliphatic carbocycles. The summed E-state index contributed by atoms with van der Waals surface area (Å²) >= 11 is 0. The van der Waals surface area contributed by atoms with Gasteiger partial charge in [0, 0.05) is 11.6 Å². The van der Waals surface area contributed by atoms with E-state index in [4.69, 9.17) is 14.2 Å². The summed E-state index contributed by atoms with van der Waals surface area (Å²) in [6.07, 6.45) is 2.06. The molecule has 9 nitrogen and oxygen atoms in total. The Kier molecular flexibility index (Phi) is 7.32. The normalized spacial score (nSPS) is 10.5. The Hall–Kier alpha value is -3.62. The van der Waals surface area contributed by atoms with E-state index in [1.54, 1.807) is 24.3 Å². The van der Waals surface area contributed by atoms with Crippen LogP contribution in [0.15, 0.2) is 41.5 Å². The first-order valence-electron chi connectivity index (χ1n) is 8.43. The molecule has 2 rings (SSSR count). The third-order valence-electron chi connectivity index (χ3n) is 3.81. The Morgan fingerprint density at radius 1 is 1.21 bits per heavy atom. The highest BCUT2D eigenvalue weighted by molar-refractivity contribution is 5.86. The van der Waals surface area contributed by atoms with Gasteiger partial charge < -0.3 is 14.2 Å². The minimum atomic E-state index is -0.563. The van der Waals surface area contributed by atoms with Crippen molar-refractivity contribution in [1.82, 2.24) is 5.43 Å². The first-order valence-corrected chi connectivity index (χ1v) is 8.43. The van der Waals surface area contributed by atoms with E-state index in [-0.39, 0.29) is 11.4 Å². The molecule has 0 atom stereocenters. The molecular formula is C19H21N3O6. The van der Waals surface area contributed by atoms with Crippen LogP contribution in [0.25, 0.3) is 0 Å². The summed E-state index contributed by atoms with van der Waals surface area (Å²) in [6.45, 7) is 1.47. The molecule has 28 heavy (non-hydrogen) atoms. The number of nitro groups is 1. The zero-order valence-electron chi connectivity index (χ0n) is 15.8. The van der Waals surface area contributed by atoms with Crippen LogP contribution < -0.4 is 19.6 Å². The van der Waals surface area contributed by atoms with Crippen molar-refractivity contribution >= 4 is 17.8 Å². The maximum Gasteiger partial charge on any atom is 0.311 e. The lowest BCUT2D eigenvalue weighted by atomic mass is 10.1. The van der Waals surface area contributed by atoms with E-state index >= 15 is 0 Å². The number of ether oxygens (including phenoxy) is 3. The molecule has 0 saturated heterocycles. The molecule has 0 radical (unpaired) electrons. The zero-order chi connectivity index (χ0) is 20.5. The SMILES string of the molecule is CCc1ccc(OCC(=O)N/N=C/c2cccc(OC)c2OC)c([N+](=O)[O-])c1. The number of carbonyl (C=O) groups is 1. The second-order valence-electron chi connectivity index (χ2n) is 5.58. The van der Waals surface area contributed by atoms with Gasteiger partial charge in [-0.3, -0.25) is 14.9 Å². The summed E-state index contributed by atoms with van der Waals surface area (Å²) in [5.74, 6) is 0.470. The Labute approximate surface area is 162 Å². The number of hydrazone groups is 1. The third kappa shape index (κ3) is 5.19. The fourth-order valence-corrected chi connectivity index (χ4v) is 2.41. The lowest BCUT2D eigenvalue weighted by molar-refractivity contribution is -0.385. The topological polar surface area (TPSA) is 112 Å². The molecule has 148 valence electrons. The minimum absolute atomic E-state index is 0.0239. The van der Waals surface area contributed by atoms with Crippen LogP contribution >= 0.6 is 0 Å². The number of aryl methyl sites for hydroxylation is 1. The number of nitro benzene ring substituents is 1. The van der Waals surface area contributed by atoms with Gasteiger partial charge in [0.25, 0.3) is 5.91 Å². The molecule has 0 aliphatic rings. The number of amides is 1. The molecular weight excluding hydrogens is 366 g/mol. The van der Waals surface area contributed by atoms with Gasteiger partial charge in [0.1, 0.15) is 0 Å². The number of methoxy groups -OCH3 is 2. The molecule has 0 spiro atoms. The average Bonchev–Trinajstić information content (AvgIpc) is 2.71. The van der Waals surface area contributed by atoms with Crippen LogP contribution in [0.2, 0.25) is 0 Å². The quantitative estimate of drug-likeness (QED) is 0.402. The first kappa shape index (κ1) is 20.7. The summed E-state index contributed by atoms with van der Waals surface area (Å²) in [6, 6.07) is 9.86. The van der Waals surface area contributed by atoms with Crippen LogP contribution in [-0.2, 0) is 11.2 Å². The van der Waals surface area contributed by atoms with Crippen LogP contribution in [0.5, 0.6) is 17.2 Å². The molecule has 0 aliphatic heterocycles. The highest BCUT2D eigenvalue weighted by Gasteiger charge is 2.16. The van der Waals surface area contributed by atoms with Crippen molar-refractivity contribution in [3.05, 3.63) is 57.6 Å². The Morgan fingerprint density at radius 3 is 2.64 bits per heavy atom. The van der Waals surface area contributed by atoms with Gasteiger partial charge in [-0.15, -0.1) is 0 Å². The number of para-hydroxylation sites is 1. The number of rotatable bonds is 9. The molecule has 1 amide bonds. The second kappa shape index (κ2) is 9.91. The van der Waals surface area contributed by atoms with Crippen LogP contribution in [0.1, 0.15) is 18.1 Å². The Morgan fingerprint density at radius 2 is 2.00 bits per heavy atom. The maximum atomic E-state index is 11.9. The van der Waals surface area contributed by atoms with Gasteiger partial charge in [-0.2, -0.15) is 5.10 Å². The predicted molar refractivity (Wildman–Crippen MR) is 103 cm³/mol. The molecule has 0 heterocycles. The van der Waals surface area contributed by atoms with E-state index < -0.39 is 17.4 Å². The summed E-state index contributed by atoms with van der Waals surface area (Å²) in [7, 11) is 3.02. The van der Waals surface area contributed by atoms with Gasteiger partial charge >= 0.3 is 5.69 Å². The number of nitrogens with zero attached hydrogens (tertiary/aromatic N) is 2. The maximum absolute atomic E-state index is 11.9. The molecule has 2 aromatic carbocycles. The smallest absolute Gasteiger partial charge is 0.311 e. The third-order valence-corrected chi connectivity index (χ3v) is 3.81. The van der Waals surface area contributed by atoms with Crippen LogP contribution in [0.3, 0.4) is 0 Å². The van der Waals surface area contributed by atoms with Crippen molar-refractivity contribution < 1.29 is 23.9 Å². The van der Waals surface area contributed by atoms with Crippen molar-refractivity contribution in [1.29, 1.82) is 0 Å². The van der Waals surface area contributed by atoms with Crippen molar-refractivity contribution in [2.75, 3.05) is 20.8 Å². The molecule has 0 aromatic heterocycles. The number of carbonyl (C=O) groups excluding carboxylic acids is 1. The largest absolute Gasteiger partial charge is 0.493 e. The van der Waals surface area contributed by atoms with Crippen molar-refractivity contribution in [2.45, 2.75) is 13.3 Å². The van der Waals surface area contributed by atoms with Gasteiger partial charge in [0.15, 0.2) is 23.9 Å². The van der Waals surface area contributed by atoms with E-state index in [2.05, 4.69) is 10.5 Å². The van der Waals surface area contributed by atoms with Gasteiger partial charge in [0.05, 0.1) is 25.4 Å². The molecule has 0 saturated carbocycles. The fraction of sp³-hybridized carbons (Fsp3) is 0.263. The van der Waals surface area contributed by atoms with Gasteiger partial charge in [-0.1, -0.05) is 19.1 Å². The van der Waals surface area contributed by atoms with Crippen molar-refractivity contribution in [3.63, 3.8) is 0 Å². The summed E-state index contributed by atoms with van der Waals surface area (Å²) in [5.41, 5.74) is 3.53. The number of nitrogens with one attached hydrogen (secondary N) is 1. The summed E-state index contributed by atoms with van der Waals surface area (Å²) in [5, 5.41) is 15.0. The fourth-order valence-electron chi connectivity index (χ4n) is 2.41. The zero-order valence-corrected chi connectivity index (χ0v) is 15.8. The molecule has 2 aromatic rings. The monoisotopic (exact) mass is 387 g/mol. The second-order valence-corrected chi connectivity index (χ2v) is 5.58. The molecule has 9 heteroatoms. The van der Waals surface area contributed by atoms with E-state index in [9.17, 15) is 14.9 Å². The Balaban J connectivity index is 1.99. The van der Waals surface area contributed by atoms with E-state index in [1.807, 2.05) is 6.92 Å². The first-order chi connectivity index (χ1) is 13.5. The minimum Gasteiger partial charge on any atom is -0.493 e. The highest BCUT2D eigenvalue weighted by Crippen LogP contribution is 2.29. The number of hydrogen-bond acceptors (Lipinski definition) is 7.